The van der Waals surface area contributed by atoms with E-state index in [0.29, 0.717) is 17.0 Å². The molecule has 1 saturated heterocycles. The molecule has 0 atom stereocenters. The van der Waals surface area contributed by atoms with Gasteiger partial charge < -0.3 is 10.1 Å². The minimum atomic E-state index is -3.82. The molecule has 3 rings (SSSR count). The molecule has 0 radical (unpaired) electrons. The third-order valence-electron chi connectivity index (χ3n) is 4.29. The van der Waals surface area contributed by atoms with Crippen molar-refractivity contribution in [2.45, 2.75) is 6.54 Å². The van der Waals surface area contributed by atoms with Crippen molar-refractivity contribution in [3.8, 4) is 5.75 Å². The molecule has 0 unspecified atom stereocenters. The summed E-state index contributed by atoms with van der Waals surface area (Å²) in [6.07, 6.45) is 0. The normalized spacial score (nSPS) is 16.8. The number of carbonyl (C=O) groups is 1. The average molecular weight is 428 g/mol. The summed E-state index contributed by atoms with van der Waals surface area (Å²) in [7, 11) is -2.31. The summed E-state index contributed by atoms with van der Waals surface area (Å²) in [5.41, 5.74) is 1.00. The Morgan fingerprint density at radius 1 is 1.21 bits per heavy atom. The zero-order valence-electron chi connectivity index (χ0n) is 15.1. The molecule has 1 aliphatic rings. The summed E-state index contributed by atoms with van der Waals surface area (Å²) in [5, 5.41) is 2.81. The number of nitrogens with one attached hydrogen (secondary N) is 1. The van der Waals surface area contributed by atoms with E-state index in [4.69, 9.17) is 16.3 Å². The Labute approximate surface area is 167 Å². The van der Waals surface area contributed by atoms with Gasteiger partial charge in [0.1, 0.15) is 11.6 Å². The Balaban J connectivity index is 1.64. The van der Waals surface area contributed by atoms with Gasteiger partial charge in [-0.3, -0.25) is 4.79 Å². The van der Waals surface area contributed by atoms with Crippen LogP contribution >= 0.6 is 11.6 Å². The van der Waals surface area contributed by atoms with Gasteiger partial charge in [0.2, 0.25) is 5.91 Å². The van der Waals surface area contributed by atoms with Crippen molar-refractivity contribution >= 4 is 33.4 Å². The third kappa shape index (κ3) is 4.61. The monoisotopic (exact) mass is 427 g/mol. The van der Waals surface area contributed by atoms with Crippen molar-refractivity contribution < 1.29 is 22.3 Å². The van der Waals surface area contributed by atoms with Crippen molar-refractivity contribution in [1.29, 1.82) is 0 Å². The van der Waals surface area contributed by atoms with Crippen LogP contribution in [-0.4, -0.2) is 49.7 Å². The van der Waals surface area contributed by atoms with Crippen molar-refractivity contribution in [1.82, 2.24) is 8.61 Å². The second-order valence-corrected chi connectivity index (χ2v) is 8.53. The standard InChI is InChI=1S/C18H19ClFN3O4S/c1-27-16-4-2-3-15(10-16)21-18(24)12-23-8-7-22(28(23,25)26)11-13-5-6-14(20)9-17(13)19/h2-6,9-10H,7-8,11-12H2,1H3,(H,21,24). The molecule has 2 aromatic carbocycles. The van der Waals surface area contributed by atoms with Crippen LogP contribution in [0.3, 0.4) is 0 Å². The maximum Gasteiger partial charge on any atom is 0.282 e. The van der Waals surface area contributed by atoms with Crippen LogP contribution in [-0.2, 0) is 21.5 Å². The number of hydrogen-bond acceptors (Lipinski definition) is 4. The predicted octanol–water partition coefficient (Wildman–Crippen LogP) is 2.49. The molecule has 1 amide bonds. The summed E-state index contributed by atoms with van der Waals surface area (Å²) < 4.78 is 46.0. The van der Waals surface area contributed by atoms with Gasteiger partial charge in [-0.25, -0.2) is 4.39 Å². The van der Waals surface area contributed by atoms with Crippen LogP contribution in [0.25, 0.3) is 0 Å². The highest BCUT2D eigenvalue weighted by molar-refractivity contribution is 7.87. The number of nitrogens with zero attached hydrogens (tertiary/aromatic N) is 2. The summed E-state index contributed by atoms with van der Waals surface area (Å²) in [6, 6.07) is 10.6. The number of amides is 1. The Morgan fingerprint density at radius 3 is 2.68 bits per heavy atom. The number of rotatable bonds is 6. The first-order valence-electron chi connectivity index (χ1n) is 8.42. The molecule has 10 heteroatoms. The lowest BCUT2D eigenvalue weighted by molar-refractivity contribution is -0.116. The Kier molecular flexibility index (Phi) is 6.19. The quantitative estimate of drug-likeness (QED) is 0.768. The highest BCUT2D eigenvalue weighted by atomic mass is 35.5. The molecule has 1 heterocycles. The van der Waals surface area contributed by atoms with Gasteiger partial charge in [0.25, 0.3) is 10.2 Å². The van der Waals surface area contributed by atoms with Gasteiger partial charge in [-0.1, -0.05) is 23.7 Å². The van der Waals surface area contributed by atoms with Gasteiger partial charge in [-0.2, -0.15) is 17.0 Å². The first-order valence-corrected chi connectivity index (χ1v) is 10.2. The molecular weight excluding hydrogens is 409 g/mol. The van der Waals surface area contributed by atoms with Gasteiger partial charge in [0, 0.05) is 36.4 Å². The van der Waals surface area contributed by atoms with Crippen molar-refractivity contribution in [3.05, 3.63) is 58.9 Å². The molecule has 1 aliphatic heterocycles. The number of benzene rings is 2. The molecule has 0 spiro atoms. The number of carbonyl (C=O) groups excluding carboxylic acids is 1. The fourth-order valence-corrected chi connectivity index (χ4v) is 4.60. The summed E-state index contributed by atoms with van der Waals surface area (Å²) in [5.74, 6) is -0.374. The van der Waals surface area contributed by atoms with Crippen LogP contribution in [0, 0.1) is 5.82 Å². The van der Waals surface area contributed by atoms with Gasteiger partial charge in [0.15, 0.2) is 0 Å². The maximum absolute atomic E-state index is 13.2. The Bertz CT molecular complexity index is 987. The van der Waals surface area contributed by atoms with Crippen molar-refractivity contribution in [2.75, 3.05) is 32.1 Å². The highest BCUT2D eigenvalue weighted by Gasteiger charge is 2.37. The number of hydrogen-bond donors (Lipinski definition) is 1. The molecule has 0 bridgehead atoms. The van der Waals surface area contributed by atoms with Crippen molar-refractivity contribution in [2.24, 2.45) is 0 Å². The molecule has 1 fully saturated rings. The van der Waals surface area contributed by atoms with E-state index in [1.807, 2.05) is 0 Å². The molecule has 2 aromatic rings. The second-order valence-electron chi connectivity index (χ2n) is 6.19. The Morgan fingerprint density at radius 2 is 1.96 bits per heavy atom. The zero-order valence-corrected chi connectivity index (χ0v) is 16.6. The van der Waals surface area contributed by atoms with E-state index in [0.717, 1.165) is 10.4 Å². The SMILES string of the molecule is COc1cccc(NC(=O)CN2CCN(Cc3ccc(F)cc3Cl)S2(=O)=O)c1. The van der Waals surface area contributed by atoms with Crippen molar-refractivity contribution in [3.63, 3.8) is 0 Å². The Hall–Kier alpha value is -2.20. The second kappa shape index (κ2) is 8.44. The average Bonchev–Trinajstić information content (AvgIpc) is 2.91. The van der Waals surface area contributed by atoms with Crippen LogP contribution in [0.15, 0.2) is 42.5 Å². The van der Waals surface area contributed by atoms with E-state index in [-0.39, 0.29) is 31.2 Å². The maximum atomic E-state index is 13.2. The molecular formula is C18H19ClFN3O4S. The largest absolute Gasteiger partial charge is 0.497 e. The summed E-state index contributed by atoms with van der Waals surface area (Å²) in [4.78, 5) is 12.3. The van der Waals surface area contributed by atoms with Crippen LogP contribution in [0.5, 0.6) is 5.75 Å². The van der Waals surface area contributed by atoms with Crippen LogP contribution in [0.2, 0.25) is 5.02 Å². The first-order chi connectivity index (χ1) is 13.3. The fraction of sp³-hybridized carbons (Fsp3) is 0.278. The summed E-state index contributed by atoms with van der Waals surface area (Å²) in [6.45, 7) is 0.0812. The number of anilines is 1. The van der Waals surface area contributed by atoms with E-state index in [2.05, 4.69) is 5.32 Å². The predicted molar refractivity (Wildman–Crippen MR) is 104 cm³/mol. The molecule has 0 aliphatic carbocycles. The van der Waals surface area contributed by atoms with Gasteiger partial charge in [-0.05, 0) is 29.8 Å². The van der Waals surface area contributed by atoms with Crippen LogP contribution in [0.1, 0.15) is 5.56 Å². The lowest BCUT2D eigenvalue weighted by atomic mass is 10.2. The lowest BCUT2D eigenvalue weighted by Crippen LogP contribution is -2.37. The van der Waals surface area contributed by atoms with E-state index in [9.17, 15) is 17.6 Å². The zero-order chi connectivity index (χ0) is 20.3. The third-order valence-corrected chi connectivity index (χ3v) is 6.57. The van der Waals surface area contributed by atoms with E-state index >= 15 is 0 Å². The number of methoxy groups -OCH3 is 1. The van der Waals surface area contributed by atoms with Gasteiger partial charge in [0.05, 0.1) is 13.7 Å². The lowest BCUT2D eigenvalue weighted by Gasteiger charge is -2.19. The van der Waals surface area contributed by atoms with Crippen LogP contribution in [0.4, 0.5) is 10.1 Å². The van der Waals surface area contributed by atoms with E-state index < -0.39 is 21.9 Å². The minimum absolute atomic E-state index is 0.00937. The molecule has 7 nitrogen and oxygen atoms in total. The molecule has 0 aromatic heterocycles. The minimum Gasteiger partial charge on any atom is -0.497 e. The number of halogens is 2. The smallest absolute Gasteiger partial charge is 0.282 e. The molecule has 150 valence electrons. The first kappa shape index (κ1) is 20.5. The topological polar surface area (TPSA) is 79.0 Å². The highest BCUT2D eigenvalue weighted by Crippen LogP contribution is 2.24. The van der Waals surface area contributed by atoms with Gasteiger partial charge in [-0.15, -0.1) is 0 Å². The van der Waals surface area contributed by atoms with E-state index in [1.54, 1.807) is 24.3 Å². The fourth-order valence-electron chi connectivity index (χ4n) is 2.84. The van der Waals surface area contributed by atoms with Crippen LogP contribution < -0.4 is 10.1 Å². The summed E-state index contributed by atoms with van der Waals surface area (Å²) >= 11 is 5.99. The van der Waals surface area contributed by atoms with Gasteiger partial charge >= 0.3 is 0 Å². The molecule has 28 heavy (non-hydrogen) atoms. The number of ether oxygens (including phenoxy) is 1. The van der Waals surface area contributed by atoms with E-state index in [1.165, 1.54) is 23.5 Å². The molecule has 1 N–H and O–H groups in total. The molecule has 0 saturated carbocycles.